The lowest BCUT2D eigenvalue weighted by Gasteiger charge is -2.05. The topological polar surface area (TPSA) is 66.2 Å². The molecule has 0 saturated heterocycles. The van der Waals surface area contributed by atoms with E-state index in [0.29, 0.717) is 5.69 Å². The first kappa shape index (κ1) is 17.9. The van der Waals surface area contributed by atoms with Crippen molar-refractivity contribution in [3.05, 3.63) is 83.6 Å². The predicted molar refractivity (Wildman–Crippen MR) is 107 cm³/mol. The van der Waals surface area contributed by atoms with Gasteiger partial charge in [-0.1, -0.05) is 12.1 Å². The third kappa shape index (κ3) is 3.94. The zero-order chi connectivity index (χ0) is 19.3. The van der Waals surface area contributed by atoms with Crippen LogP contribution in [-0.4, -0.2) is 27.8 Å². The van der Waals surface area contributed by atoms with Crippen molar-refractivity contribution in [3.63, 3.8) is 0 Å². The van der Waals surface area contributed by atoms with E-state index in [1.807, 2.05) is 60.8 Å². The average molecular weight is 391 g/mol. The second-order valence-corrected chi connectivity index (χ2v) is 6.82. The first-order valence-corrected chi connectivity index (χ1v) is 9.47. The number of rotatable bonds is 6. The summed E-state index contributed by atoms with van der Waals surface area (Å²) in [5, 5.41) is 6.66. The van der Waals surface area contributed by atoms with Gasteiger partial charge in [0.15, 0.2) is 5.69 Å². The minimum atomic E-state index is -0.438. The zero-order valence-electron chi connectivity index (χ0n) is 15.1. The van der Waals surface area contributed by atoms with Crippen molar-refractivity contribution >= 4 is 17.3 Å². The molecule has 0 aliphatic rings. The van der Waals surface area contributed by atoms with Crippen LogP contribution in [0.3, 0.4) is 0 Å². The summed E-state index contributed by atoms with van der Waals surface area (Å²) in [5.74, 6) is 0.339. The van der Waals surface area contributed by atoms with Crippen molar-refractivity contribution in [2.75, 3.05) is 7.11 Å². The third-order valence-corrected chi connectivity index (χ3v) is 5.02. The van der Waals surface area contributed by atoms with Crippen LogP contribution in [0, 0.1) is 0 Å². The van der Waals surface area contributed by atoms with Gasteiger partial charge in [0.1, 0.15) is 17.4 Å². The van der Waals surface area contributed by atoms with Crippen molar-refractivity contribution in [3.8, 4) is 22.0 Å². The summed E-state index contributed by atoms with van der Waals surface area (Å²) in [5.41, 5.74) is 3.08. The van der Waals surface area contributed by atoms with Crippen LogP contribution in [0.5, 0.6) is 5.75 Å². The van der Waals surface area contributed by atoms with Gasteiger partial charge in [0.25, 0.3) is 0 Å². The molecule has 7 heteroatoms. The first-order chi connectivity index (χ1) is 13.7. The van der Waals surface area contributed by atoms with Crippen LogP contribution in [-0.2, 0) is 11.3 Å². The number of ether oxygens (including phenoxy) is 2. The molecular formula is C21H17N3O3S. The predicted octanol–water partition coefficient (Wildman–Crippen LogP) is 4.36. The Kier molecular flexibility index (Phi) is 5.16. The van der Waals surface area contributed by atoms with Crippen LogP contribution < -0.4 is 4.74 Å². The Hall–Kier alpha value is -3.45. The van der Waals surface area contributed by atoms with Gasteiger partial charge in [-0.3, -0.25) is 0 Å². The molecule has 0 fully saturated rings. The van der Waals surface area contributed by atoms with Crippen LogP contribution in [0.25, 0.3) is 16.3 Å². The summed E-state index contributed by atoms with van der Waals surface area (Å²) < 4.78 is 12.3. The lowest BCUT2D eigenvalue weighted by molar-refractivity contribution is 0.0467. The van der Waals surface area contributed by atoms with Crippen molar-refractivity contribution in [2.24, 2.45) is 0 Å². The highest BCUT2D eigenvalue weighted by Gasteiger charge is 2.13. The molecule has 140 valence electrons. The van der Waals surface area contributed by atoms with Crippen molar-refractivity contribution in [2.45, 2.75) is 6.61 Å². The quantitative estimate of drug-likeness (QED) is 0.457. The molecule has 0 aliphatic heterocycles. The fraction of sp³-hybridized carbons (Fsp3) is 0.0952. The summed E-state index contributed by atoms with van der Waals surface area (Å²) in [6.07, 6.45) is 3.60. The lowest BCUT2D eigenvalue weighted by Crippen LogP contribution is -2.06. The second kappa shape index (κ2) is 8.06. The Morgan fingerprint density at radius 1 is 1.11 bits per heavy atom. The maximum Gasteiger partial charge on any atom is 0.358 e. The number of benzene rings is 2. The standard InChI is InChI=1S/C21H17N3O3S/c1-26-18-9-5-16(6-10-18)20-23-19(14-28-20)21(25)27-13-15-3-7-17(8-4-15)24-12-2-11-22-24/h2-12,14H,13H2,1H3. The number of carbonyl (C=O) groups is 1. The number of aromatic nitrogens is 3. The van der Waals surface area contributed by atoms with Crippen molar-refractivity contribution in [1.29, 1.82) is 0 Å². The molecule has 0 spiro atoms. The number of thiazole rings is 1. The Balaban J connectivity index is 1.38. The molecule has 0 atom stereocenters. The molecule has 0 amide bonds. The highest BCUT2D eigenvalue weighted by Crippen LogP contribution is 2.26. The number of carbonyl (C=O) groups excluding carboxylic acids is 1. The summed E-state index contributed by atoms with van der Waals surface area (Å²) in [4.78, 5) is 16.7. The zero-order valence-corrected chi connectivity index (χ0v) is 15.9. The molecule has 2 heterocycles. The fourth-order valence-electron chi connectivity index (χ4n) is 2.62. The molecule has 28 heavy (non-hydrogen) atoms. The fourth-order valence-corrected chi connectivity index (χ4v) is 3.42. The molecule has 6 nitrogen and oxygen atoms in total. The molecule has 4 rings (SSSR count). The van der Waals surface area contributed by atoms with Gasteiger partial charge in [-0.05, 0) is 48.0 Å². The Morgan fingerprint density at radius 2 is 1.89 bits per heavy atom. The third-order valence-electron chi connectivity index (χ3n) is 4.13. The van der Waals surface area contributed by atoms with Crippen molar-refractivity contribution < 1.29 is 14.3 Å². The molecule has 0 saturated carbocycles. The SMILES string of the molecule is COc1ccc(-c2nc(C(=O)OCc3ccc(-n4cccn4)cc3)cs2)cc1. The van der Waals surface area contributed by atoms with E-state index in [0.717, 1.165) is 27.6 Å². The maximum atomic E-state index is 12.3. The van der Waals surface area contributed by atoms with Gasteiger partial charge in [0, 0.05) is 23.3 Å². The average Bonchev–Trinajstić information content (AvgIpc) is 3.45. The van der Waals surface area contributed by atoms with Gasteiger partial charge in [0.2, 0.25) is 0 Å². The summed E-state index contributed by atoms with van der Waals surface area (Å²) in [6.45, 7) is 0.188. The van der Waals surface area contributed by atoms with E-state index < -0.39 is 5.97 Å². The summed E-state index contributed by atoms with van der Waals surface area (Å²) >= 11 is 1.40. The number of nitrogens with zero attached hydrogens (tertiary/aromatic N) is 3. The number of hydrogen-bond acceptors (Lipinski definition) is 6. The maximum absolute atomic E-state index is 12.3. The van der Waals surface area contributed by atoms with E-state index in [1.54, 1.807) is 23.4 Å². The van der Waals surface area contributed by atoms with E-state index in [1.165, 1.54) is 11.3 Å². The van der Waals surface area contributed by atoms with E-state index in [4.69, 9.17) is 9.47 Å². The first-order valence-electron chi connectivity index (χ1n) is 8.59. The van der Waals surface area contributed by atoms with Crippen LogP contribution in [0.2, 0.25) is 0 Å². The molecule has 0 bridgehead atoms. The normalized spacial score (nSPS) is 10.6. The van der Waals surface area contributed by atoms with Gasteiger partial charge in [-0.25, -0.2) is 14.5 Å². The monoisotopic (exact) mass is 391 g/mol. The summed E-state index contributed by atoms with van der Waals surface area (Å²) in [7, 11) is 1.62. The summed E-state index contributed by atoms with van der Waals surface area (Å²) in [6, 6.07) is 17.1. The molecule has 4 aromatic rings. The minimum absolute atomic E-state index is 0.188. The molecule has 0 N–H and O–H groups in total. The number of hydrogen-bond donors (Lipinski definition) is 0. The van der Waals surface area contributed by atoms with Crippen molar-refractivity contribution in [1.82, 2.24) is 14.8 Å². The van der Waals surface area contributed by atoms with E-state index in [9.17, 15) is 4.79 Å². The van der Waals surface area contributed by atoms with Gasteiger partial charge >= 0.3 is 5.97 Å². The van der Waals surface area contributed by atoms with Crippen LogP contribution >= 0.6 is 11.3 Å². The smallest absolute Gasteiger partial charge is 0.358 e. The van der Waals surface area contributed by atoms with Gasteiger partial charge in [-0.15, -0.1) is 11.3 Å². The number of esters is 1. The minimum Gasteiger partial charge on any atom is -0.497 e. The van der Waals surface area contributed by atoms with Crippen LogP contribution in [0.4, 0.5) is 0 Å². The lowest BCUT2D eigenvalue weighted by atomic mass is 10.2. The van der Waals surface area contributed by atoms with Gasteiger partial charge in [-0.2, -0.15) is 5.10 Å². The van der Waals surface area contributed by atoms with Gasteiger partial charge in [0.05, 0.1) is 12.8 Å². The molecule has 0 radical (unpaired) electrons. The Labute approximate surface area is 166 Å². The van der Waals surface area contributed by atoms with E-state index in [2.05, 4.69) is 10.1 Å². The number of methoxy groups -OCH3 is 1. The highest BCUT2D eigenvalue weighted by molar-refractivity contribution is 7.13. The largest absolute Gasteiger partial charge is 0.497 e. The molecule has 0 unspecified atom stereocenters. The van der Waals surface area contributed by atoms with E-state index in [-0.39, 0.29) is 6.61 Å². The van der Waals surface area contributed by atoms with Crippen LogP contribution in [0.15, 0.2) is 72.4 Å². The Bertz CT molecular complexity index is 1060. The highest BCUT2D eigenvalue weighted by atomic mass is 32.1. The molecule has 0 aliphatic carbocycles. The molecule has 2 aromatic carbocycles. The van der Waals surface area contributed by atoms with E-state index >= 15 is 0 Å². The Morgan fingerprint density at radius 3 is 2.57 bits per heavy atom. The second-order valence-electron chi connectivity index (χ2n) is 5.96. The molecule has 2 aromatic heterocycles. The van der Waals surface area contributed by atoms with Crippen LogP contribution in [0.1, 0.15) is 16.1 Å². The van der Waals surface area contributed by atoms with Gasteiger partial charge < -0.3 is 9.47 Å². The molecular weight excluding hydrogens is 374 g/mol.